The van der Waals surface area contributed by atoms with Gasteiger partial charge in [-0.1, -0.05) is 20.8 Å². The van der Waals surface area contributed by atoms with Gasteiger partial charge < -0.3 is 18.9 Å². The number of hydrogen-bond acceptors (Lipinski definition) is 5. The van der Waals surface area contributed by atoms with E-state index >= 15 is 0 Å². The van der Waals surface area contributed by atoms with Crippen LogP contribution in [0.3, 0.4) is 0 Å². The molecule has 3 fully saturated rings. The summed E-state index contributed by atoms with van der Waals surface area (Å²) in [4.78, 5) is 12.4. The van der Waals surface area contributed by atoms with Crippen molar-refractivity contribution in [3.63, 3.8) is 0 Å². The number of ether oxygens (including phenoxy) is 4. The summed E-state index contributed by atoms with van der Waals surface area (Å²) >= 11 is 0. The van der Waals surface area contributed by atoms with Gasteiger partial charge in [0.25, 0.3) is 0 Å². The highest BCUT2D eigenvalue weighted by Gasteiger charge is 2.58. The molecule has 0 aromatic heterocycles. The summed E-state index contributed by atoms with van der Waals surface area (Å²) in [5.74, 6) is 0.0653. The normalized spacial score (nSPS) is 43.8. The first-order valence-electron chi connectivity index (χ1n) is 8.50. The summed E-state index contributed by atoms with van der Waals surface area (Å²) in [5.41, 5.74) is -0.768. The minimum absolute atomic E-state index is 0.179. The number of hydrogen-bond donors (Lipinski definition) is 0. The topological polar surface area (TPSA) is 54.0 Å². The molecule has 5 nitrogen and oxygen atoms in total. The molecule has 0 N–H and O–H groups in total. The van der Waals surface area contributed by atoms with Crippen LogP contribution in [0.2, 0.25) is 0 Å². The minimum atomic E-state index is -0.828. The van der Waals surface area contributed by atoms with E-state index in [4.69, 9.17) is 18.9 Å². The summed E-state index contributed by atoms with van der Waals surface area (Å²) in [5, 5.41) is 0. The molecule has 4 atom stereocenters. The van der Waals surface area contributed by atoms with Crippen LogP contribution in [0, 0.1) is 17.8 Å². The third-order valence-electron chi connectivity index (χ3n) is 5.28. The quantitative estimate of drug-likeness (QED) is 0.734. The zero-order valence-corrected chi connectivity index (χ0v) is 14.1. The zero-order chi connectivity index (χ0) is 16.0. The lowest BCUT2D eigenvalue weighted by Gasteiger charge is -2.53. The van der Waals surface area contributed by atoms with Gasteiger partial charge in [-0.05, 0) is 31.6 Å². The second-order valence-electron chi connectivity index (χ2n) is 7.69. The largest absolute Gasteiger partial charge is 0.433 e. The molecule has 0 bridgehead atoms. The molecule has 0 aromatic rings. The van der Waals surface area contributed by atoms with Gasteiger partial charge in [-0.2, -0.15) is 0 Å². The molecule has 2 aliphatic heterocycles. The smallest absolute Gasteiger partial charge is 0.311 e. The third-order valence-corrected chi connectivity index (χ3v) is 5.28. The first-order chi connectivity index (χ1) is 10.3. The van der Waals surface area contributed by atoms with E-state index in [1.807, 2.05) is 6.92 Å². The van der Waals surface area contributed by atoms with Crippen molar-refractivity contribution in [2.24, 2.45) is 17.8 Å². The van der Waals surface area contributed by atoms with Crippen LogP contribution in [0.1, 0.15) is 53.4 Å². The molecule has 126 valence electrons. The highest BCUT2D eigenvalue weighted by molar-refractivity contribution is 5.72. The first kappa shape index (κ1) is 16.2. The Hall–Kier alpha value is -0.650. The predicted molar refractivity (Wildman–Crippen MR) is 80.0 cm³/mol. The SMILES string of the molecule is CC(C)[C@@H]1CC[C@@H](C)C[C@]12OC(=O)C[C@](C)(C1OCCO1)O2. The molecule has 1 saturated carbocycles. The van der Waals surface area contributed by atoms with E-state index < -0.39 is 17.7 Å². The van der Waals surface area contributed by atoms with Gasteiger partial charge in [-0.3, -0.25) is 4.79 Å². The van der Waals surface area contributed by atoms with Crippen LogP contribution in [-0.2, 0) is 23.7 Å². The molecule has 0 unspecified atom stereocenters. The van der Waals surface area contributed by atoms with Gasteiger partial charge in [0.15, 0.2) is 6.29 Å². The molecule has 0 aromatic carbocycles. The van der Waals surface area contributed by atoms with Crippen LogP contribution in [0.4, 0.5) is 0 Å². The van der Waals surface area contributed by atoms with Gasteiger partial charge >= 0.3 is 5.97 Å². The Morgan fingerprint density at radius 3 is 2.50 bits per heavy atom. The molecule has 2 heterocycles. The summed E-state index contributed by atoms with van der Waals surface area (Å²) in [6.45, 7) is 9.57. The lowest BCUT2D eigenvalue weighted by molar-refractivity contribution is -0.368. The number of carbonyl (C=O) groups is 1. The van der Waals surface area contributed by atoms with Gasteiger partial charge in [0.05, 0.1) is 19.6 Å². The van der Waals surface area contributed by atoms with Crippen molar-refractivity contribution in [3.05, 3.63) is 0 Å². The Labute approximate surface area is 132 Å². The molecule has 3 aliphatic rings. The average Bonchev–Trinajstić information content (AvgIpc) is 2.90. The van der Waals surface area contributed by atoms with Gasteiger partial charge in [0.1, 0.15) is 5.60 Å². The van der Waals surface area contributed by atoms with Crippen molar-refractivity contribution in [3.8, 4) is 0 Å². The summed E-state index contributed by atoms with van der Waals surface area (Å²) < 4.78 is 23.6. The summed E-state index contributed by atoms with van der Waals surface area (Å²) in [6, 6.07) is 0. The van der Waals surface area contributed by atoms with E-state index in [-0.39, 0.29) is 18.3 Å². The van der Waals surface area contributed by atoms with Gasteiger partial charge in [0, 0.05) is 12.3 Å². The van der Waals surface area contributed by atoms with Crippen molar-refractivity contribution >= 4 is 5.97 Å². The van der Waals surface area contributed by atoms with Crippen molar-refractivity contribution in [1.29, 1.82) is 0 Å². The minimum Gasteiger partial charge on any atom is -0.433 e. The standard InChI is InChI=1S/C17H28O5/c1-11(2)13-6-5-12(3)9-17(13)21-14(18)10-16(4,22-17)15-19-7-8-20-15/h11-13,15H,5-10H2,1-4H3/t12-,13+,16-,17-/m1/s1. The van der Waals surface area contributed by atoms with Crippen LogP contribution in [0.25, 0.3) is 0 Å². The molecule has 3 rings (SSSR count). The maximum absolute atomic E-state index is 12.4. The average molecular weight is 312 g/mol. The Morgan fingerprint density at radius 1 is 1.18 bits per heavy atom. The van der Waals surface area contributed by atoms with E-state index in [9.17, 15) is 4.79 Å². The summed E-state index contributed by atoms with van der Waals surface area (Å²) in [7, 11) is 0. The fourth-order valence-electron chi connectivity index (χ4n) is 4.31. The highest BCUT2D eigenvalue weighted by atomic mass is 16.8. The molecule has 1 aliphatic carbocycles. The third kappa shape index (κ3) is 2.79. The van der Waals surface area contributed by atoms with Crippen LogP contribution >= 0.6 is 0 Å². The van der Waals surface area contributed by atoms with Crippen molar-refractivity contribution < 1.29 is 23.7 Å². The van der Waals surface area contributed by atoms with Crippen LogP contribution in [-0.4, -0.2) is 36.9 Å². The van der Waals surface area contributed by atoms with E-state index in [1.54, 1.807) is 0 Å². The Morgan fingerprint density at radius 2 is 1.86 bits per heavy atom. The van der Waals surface area contributed by atoms with Crippen molar-refractivity contribution in [2.45, 2.75) is 71.1 Å². The van der Waals surface area contributed by atoms with E-state index in [2.05, 4.69) is 20.8 Å². The molecule has 0 amide bonds. The van der Waals surface area contributed by atoms with Crippen molar-refractivity contribution in [1.82, 2.24) is 0 Å². The Kier molecular flexibility index (Phi) is 4.25. The molecule has 5 heteroatoms. The van der Waals surface area contributed by atoms with Crippen LogP contribution in [0.15, 0.2) is 0 Å². The summed E-state index contributed by atoms with van der Waals surface area (Å²) in [6.07, 6.45) is 2.62. The molecule has 2 saturated heterocycles. The van der Waals surface area contributed by atoms with Crippen LogP contribution < -0.4 is 0 Å². The van der Waals surface area contributed by atoms with Gasteiger partial charge in [0.2, 0.25) is 5.79 Å². The maximum atomic E-state index is 12.4. The molecule has 0 radical (unpaired) electrons. The van der Waals surface area contributed by atoms with E-state index in [0.29, 0.717) is 25.0 Å². The molecular formula is C17H28O5. The second kappa shape index (κ2) is 5.77. The monoisotopic (exact) mass is 312 g/mol. The van der Waals surface area contributed by atoms with Crippen LogP contribution in [0.5, 0.6) is 0 Å². The number of carbonyl (C=O) groups excluding carboxylic acids is 1. The number of rotatable bonds is 2. The van der Waals surface area contributed by atoms with Gasteiger partial charge in [-0.25, -0.2) is 0 Å². The van der Waals surface area contributed by atoms with E-state index in [0.717, 1.165) is 19.3 Å². The predicted octanol–water partition coefficient (Wildman–Crippen LogP) is 2.87. The highest BCUT2D eigenvalue weighted by Crippen LogP contribution is 2.50. The number of esters is 1. The zero-order valence-electron chi connectivity index (χ0n) is 14.1. The molecule has 1 spiro atoms. The van der Waals surface area contributed by atoms with Gasteiger partial charge in [-0.15, -0.1) is 0 Å². The first-order valence-corrected chi connectivity index (χ1v) is 8.50. The lowest BCUT2D eigenvalue weighted by atomic mass is 9.72. The van der Waals surface area contributed by atoms with E-state index in [1.165, 1.54) is 0 Å². The fraction of sp³-hybridized carbons (Fsp3) is 0.941. The second-order valence-corrected chi connectivity index (χ2v) is 7.69. The Balaban J connectivity index is 1.91. The molecule has 22 heavy (non-hydrogen) atoms. The van der Waals surface area contributed by atoms with Crippen molar-refractivity contribution in [2.75, 3.05) is 13.2 Å². The maximum Gasteiger partial charge on any atom is 0.311 e. The molecular weight excluding hydrogens is 284 g/mol. The fourth-order valence-corrected chi connectivity index (χ4v) is 4.31. The Bertz CT molecular complexity index is 431. The lowest BCUT2D eigenvalue weighted by Crippen LogP contribution is -2.62.